The molecule has 30 heavy (non-hydrogen) atoms. The second-order valence-corrected chi connectivity index (χ2v) is 8.00. The fourth-order valence-electron chi connectivity index (χ4n) is 3.95. The summed E-state index contributed by atoms with van der Waals surface area (Å²) >= 11 is 1.32. The van der Waals surface area contributed by atoms with Crippen molar-refractivity contribution in [3.05, 3.63) is 92.9 Å². The average Bonchev–Trinajstić information content (AvgIpc) is 2.88. The van der Waals surface area contributed by atoms with Gasteiger partial charge in [-0.2, -0.15) is 0 Å². The van der Waals surface area contributed by atoms with E-state index in [-0.39, 0.29) is 18.2 Å². The fourth-order valence-corrected chi connectivity index (χ4v) is 5.07. The number of hydrogen-bond acceptors (Lipinski definition) is 5. The molecule has 1 amide bonds. The molecule has 1 aromatic heterocycles. The van der Waals surface area contributed by atoms with E-state index < -0.39 is 28.9 Å². The van der Waals surface area contributed by atoms with Gasteiger partial charge in [0.1, 0.15) is 18.3 Å². The van der Waals surface area contributed by atoms with Crippen molar-refractivity contribution in [3.63, 3.8) is 0 Å². The van der Waals surface area contributed by atoms with Crippen LogP contribution in [-0.2, 0) is 5.75 Å². The van der Waals surface area contributed by atoms with E-state index in [1.807, 2.05) is 0 Å². The van der Waals surface area contributed by atoms with Crippen LogP contribution >= 0.6 is 11.8 Å². The van der Waals surface area contributed by atoms with E-state index in [1.54, 1.807) is 23.2 Å². The molecule has 2 aliphatic heterocycles. The average molecular weight is 427 g/mol. The summed E-state index contributed by atoms with van der Waals surface area (Å²) in [6.45, 7) is 0.00931. The van der Waals surface area contributed by atoms with Gasteiger partial charge in [0, 0.05) is 22.9 Å². The lowest BCUT2D eigenvalue weighted by Crippen LogP contribution is -2.53. The Kier molecular flexibility index (Phi) is 4.28. The number of carbonyl (C=O) groups is 1. The molecule has 2 N–H and O–H groups in total. The summed E-state index contributed by atoms with van der Waals surface area (Å²) in [4.78, 5) is 24.7. The fraction of sp³-hybridized carbons (Fsp3) is 0.143. The molecule has 0 saturated carbocycles. The summed E-state index contributed by atoms with van der Waals surface area (Å²) in [5, 5.41) is 14.5. The number of thioether (sulfide) groups is 1. The largest absolute Gasteiger partial charge is 0.502 e. The zero-order valence-corrected chi connectivity index (χ0v) is 16.2. The Balaban J connectivity index is 1.80. The van der Waals surface area contributed by atoms with Crippen LogP contribution in [0.5, 0.6) is 5.75 Å². The molecular formula is C21H15F2N3O3S. The molecule has 5 rings (SSSR count). The molecule has 9 heteroatoms. The summed E-state index contributed by atoms with van der Waals surface area (Å²) in [7, 11) is 0. The number of benzene rings is 2. The van der Waals surface area contributed by atoms with E-state index in [0.29, 0.717) is 21.8 Å². The van der Waals surface area contributed by atoms with Gasteiger partial charge in [-0.25, -0.2) is 8.78 Å². The third kappa shape index (κ3) is 2.77. The van der Waals surface area contributed by atoms with Crippen LogP contribution < -0.4 is 15.8 Å². The molecule has 1 unspecified atom stereocenters. The minimum absolute atomic E-state index is 0.00931. The van der Waals surface area contributed by atoms with E-state index in [4.69, 9.17) is 0 Å². The summed E-state index contributed by atoms with van der Waals surface area (Å²) in [5.41, 5.74) is 1.14. The van der Waals surface area contributed by atoms with Gasteiger partial charge in [-0.05, 0) is 34.9 Å². The van der Waals surface area contributed by atoms with E-state index >= 15 is 0 Å². The summed E-state index contributed by atoms with van der Waals surface area (Å²) < 4.78 is 30.3. The number of fused-ring (bicyclic) bond motifs is 3. The van der Waals surface area contributed by atoms with Gasteiger partial charge >= 0.3 is 0 Å². The Hall–Kier alpha value is -3.33. The van der Waals surface area contributed by atoms with Gasteiger partial charge in [-0.3, -0.25) is 19.3 Å². The number of aromatic hydroxyl groups is 1. The Morgan fingerprint density at radius 1 is 1.10 bits per heavy atom. The molecule has 0 saturated heterocycles. The van der Waals surface area contributed by atoms with Gasteiger partial charge in [0.15, 0.2) is 11.4 Å². The van der Waals surface area contributed by atoms with Crippen molar-refractivity contribution in [2.75, 3.05) is 11.7 Å². The molecule has 152 valence electrons. The maximum Gasteiger partial charge on any atom is 0.275 e. The number of hydrogen-bond donors (Lipinski definition) is 2. The lowest BCUT2D eigenvalue weighted by Gasteiger charge is -2.40. The van der Waals surface area contributed by atoms with Crippen LogP contribution in [0.3, 0.4) is 0 Å². The summed E-state index contributed by atoms with van der Waals surface area (Å²) in [6, 6.07) is 9.62. The van der Waals surface area contributed by atoms with Gasteiger partial charge < -0.3 is 10.4 Å². The lowest BCUT2D eigenvalue weighted by molar-refractivity contribution is 0.0915. The molecule has 3 aromatic rings. The second kappa shape index (κ2) is 6.88. The predicted molar refractivity (Wildman–Crippen MR) is 107 cm³/mol. The molecule has 1 atom stereocenters. The molecule has 2 aliphatic rings. The molecule has 0 radical (unpaired) electrons. The first kappa shape index (κ1) is 18.7. The number of nitrogens with zero attached hydrogens (tertiary/aromatic N) is 2. The first-order chi connectivity index (χ1) is 14.5. The van der Waals surface area contributed by atoms with Crippen molar-refractivity contribution in [2.45, 2.75) is 16.7 Å². The number of pyridine rings is 1. The van der Waals surface area contributed by atoms with E-state index in [2.05, 4.69) is 5.32 Å². The monoisotopic (exact) mass is 427 g/mol. The standard InChI is InChI=1S/C21H15F2N3O3S/c22-12-5-4-11-9-30-20-13(2-1-3-15(20)23)17(14(11)8-12)26-10-24-21(29)18-19(28)16(27)6-7-25(18)26/h1-8,17,28H,9-10H2,(H,24,29). The lowest BCUT2D eigenvalue weighted by atomic mass is 9.94. The van der Waals surface area contributed by atoms with Crippen LogP contribution in [0.15, 0.2) is 58.4 Å². The smallest absolute Gasteiger partial charge is 0.275 e. The number of amides is 1. The number of carbonyl (C=O) groups excluding carboxylic acids is 1. The minimum atomic E-state index is -0.687. The first-order valence-corrected chi connectivity index (χ1v) is 10.1. The highest BCUT2D eigenvalue weighted by Crippen LogP contribution is 2.43. The highest BCUT2D eigenvalue weighted by molar-refractivity contribution is 7.98. The van der Waals surface area contributed by atoms with Crippen molar-refractivity contribution in [3.8, 4) is 5.75 Å². The number of aromatic nitrogens is 1. The molecule has 0 fully saturated rings. The van der Waals surface area contributed by atoms with Crippen molar-refractivity contribution in [1.29, 1.82) is 0 Å². The maximum atomic E-state index is 14.7. The SMILES string of the molecule is O=C1NCN(C2c3cc(F)ccc3CSc3c(F)cccc32)n2ccc(=O)c(O)c21. The first-order valence-electron chi connectivity index (χ1n) is 9.15. The number of rotatable bonds is 1. The maximum absolute atomic E-state index is 14.7. The van der Waals surface area contributed by atoms with E-state index in [0.717, 1.165) is 11.6 Å². The van der Waals surface area contributed by atoms with E-state index in [9.17, 15) is 23.5 Å². The minimum Gasteiger partial charge on any atom is -0.502 e. The molecule has 0 spiro atoms. The van der Waals surface area contributed by atoms with Crippen LogP contribution in [0.4, 0.5) is 8.78 Å². The number of halogens is 2. The van der Waals surface area contributed by atoms with Crippen molar-refractivity contribution >= 4 is 17.7 Å². The molecule has 0 bridgehead atoms. The Bertz CT molecular complexity index is 1260. The predicted octanol–water partition coefficient (Wildman–Crippen LogP) is 2.87. The van der Waals surface area contributed by atoms with Crippen LogP contribution in [0.25, 0.3) is 0 Å². The Labute approximate surface area is 173 Å². The highest BCUT2D eigenvalue weighted by Gasteiger charge is 2.36. The third-order valence-corrected chi connectivity index (χ3v) is 6.49. The normalized spacial score (nSPS) is 17.5. The summed E-state index contributed by atoms with van der Waals surface area (Å²) in [5.74, 6) is -1.67. The van der Waals surface area contributed by atoms with Gasteiger partial charge in [-0.15, -0.1) is 11.8 Å². The zero-order valence-electron chi connectivity index (χ0n) is 15.4. The number of nitrogens with one attached hydrogen (secondary N) is 1. The molecule has 0 aliphatic carbocycles. The topological polar surface area (TPSA) is 74.6 Å². The van der Waals surface area contributed by atoms with Gasteiger partial charge in [0.05, 0.1) is 6.04 Å². The third-order valence-electron chi connectivity index (χ3n) is 5.31. The van der Waals surface area contributed by atoms with Crippen molar-refractivity contribution < 1.29 is 18.7 Å². The van der Waals surface area contributed by atoms with Crippen LogP contribution in [0.1, 0.15) is 33.2 Å². The quantitative estimate of drug-likeness (QED) is 0.625. The van der Waals surface area contributed by atoms with Gasteiger partial charge in [0.2, 0.25) is 5.43 Å². The van der Waals surface area contributed by atoms with Gasteiger partial charge in [0.25, 0.3) is 5.91 Å². The molecule has 6 nitrogen and oxygen atoms in total. The van der Waals surface area contributed by atoms with E-state index in [1.165, 1.54) is 40.8 Å². The molecule has 2 aromatic carbocycles. The van der Waals surface area contributed by atoms with Crippen molar-refractivity contribution in [2.24, 2.45) is 0 Å². The highest BCUT2D eigenvalue weighted by atomic mass is 32.2. The van der Waals surface area contributed by atoms with Crippen LogP contribution in [-0.4, -0.2) is 22.4 Å². The summed E-state index contributed by atoms with van der Waals surface area (Å²) in [6.07, 6.45) is 1.38. The van der Waals surface area contributed by atoms with Crippen LogP contribution in [0, 0.1) is 11.6 Å². The Morgan fingerprint density at radius 2 is 1.93 bits per heavy atom. The second-order valence-electron chi connectivity index (χ2n) is 7.02. The zero-order chi connectivity index (χ0) is 21.0. The Morgan fingerprint density at radius 3 is 2.77 bits per heavy atom. The molecular weight excluding hydrogens is 412 g/mol. The van der Waals surface area contributed by atoms with Crippen molar-refractivity contribution in [1.82, 2.24) is 9.99 Å². The van der Waals surface area contributed by atoms with Gasteiger partial charge in [-0.1, -0.05) is 18.2 Å². The van der Waals surface area contributed by atoms with Crippen LogP contribution in [0.2, 0.25) is 0 Å². The molecule has 3 heterocycles.